The maximum Gasteiger partial charge on any atom is 0.311 e. The Balaban J connectivity index is 1.18. The molecule has 3 aliphatic rings. The van der Waals surface area contributed by atoms with E-state index in [2.05, 4.69) is 17.9 Å². The number of allylic oxidation sites excluding steroid dienone is 1. The summed E-state index contributed by atoms with van der Waals surface area (Å²) in [5.74, 6) is -1.12. The minimum absolute atomic E-state index is 0.0109. The van der Waals surface area contributed by atoms with E-state index in [0.29, 0.717) is 6.42 Å². The van der Waals surface area contributed by atoms with Gasteiger partial charge in [-0.15, -0.1) is 0 Å². The number of nitrogens with one attached hydrogen (secondary N) is 1. The normalized spacial score (nSPS) is 24.8. The molecule has 1 heterocycles. The number of sulfonamides is 2. The van der Waals surface area contributed by atoms with Crippen molar-refractivity contribution in [3.63, 3.8) is 0 Å². The van der Waals surface area contributed by atoms with Crippen molar-refractivity contribution < 1.29 is 26.4 Å². The summed E-state index contributed by atoms with van der Waals surface area (Å²) in [5, 5.41) is 3.35. The highest BCUT2D eigenvalue weighted by atomic mass is 32.2. The Morgan fingerprint density at radius 2 is 1.36 bits per heavy atom. The quantitative estimate of drug-likeness (QED) is 0.172. The SMILES string of the molecule is C=C1CC[C@H]2C(=C)CC[C@H]3C(CN(CCNS(=O)(=O)c4ccc5ccccc5c4)S(=O)(=O)c4ccc5ccccc5c4)C(=O)O[C@@H]3[C@@H]12. The highest BCUT2D eigenvalue weighted by Crippen LogP contribution is 2.52. The number of ether oxygens (including phenoxy) is 1. The zero-order valence-electron chi connectivity index (χ0n) is 26.0. The maximum atomic E-state index is 14.3. The van der Waals surface area contributed by atoms with Gasteiger partial charge in [-0.25, -0.2) is 21.6 Å². The van der Waals surface area contributed by atoms with Gasteiger partial charge in [0.25, 0.3) is 0 Å². The molecule has 0 bridgehead atoms. The standard InChI is InChI=1S/C37H38N2O6S2/c1-24-11-18-33-34(37(40)45-36(33)35-25(2)12-17-32(24)35)23-39(47(43,44)31-16-14-27-8-4-6-10-29(27)22-31)20-19-38-46(41,42)30-15-13-26-7-3-5-9-28(26)21-30/h3-10,13-16,21-22,32-36,38H,1-2,11-12,17-20,23H2/t32-,33-,34?,35-,36-/m0/s1. The van der Waals surface area contributed by atoms with Crippen LogP contribution < -0.4 is 4.72 Å². The van der Waals surface area contributed by atoms with Gasteiger partial charge >= 0.3 is 5.97 Å². The lowest BCUT2D eigenvalue weighted by molar-refractivity contribution is -0.145. The highest BCUT2D eigenvalue weighted by Gasteiger charge is 2.54. The maximum absolute atomic E-state index is 14.3. The van der Waals surface area contributed by atoms with Crippen LogP contribution in [0.2, 0.25) is 0 Å². The first-order valence-corrected chi connectivity index (χ1v) is 19.0. The average molecular weight is 671 g/mol. The van der Waals surface area contributed by atoms with Gasteiger partial charge in [-0.1, -0.05) is 85.0 Å². The Bertz CT molecular complexity index is 2130. The van der Waals surface area contributed by atoms with Gasteiger partial charge in [0, 0.05) is 31.5 Å². The topological polar surface area (TPSA) is 110 Å². The van der Waals surface area contributed by atoms with Crippen molar-refractivity contribution >= 4 is 47.6 Å². The van der Waals surface area contributed by atoms with Gasteiger partial charge in [0.15, 0.2) is 0 Å². The van der Waals surface area contributed by atoms with Crippen LogP contribution in [0.4, 0.5) is 0 Å². The van der Waals surface area contributed by atoms with Crippen LogP contribution in [0.1, 0.15) is 25.7 Å². The first kappa shape index (κ1) is 31.8. The number of fused-ring (bicyclic) bond motifs is 5. The number of carbonyl (C=O) groups excluding carboxylic acids is 1. The number of rotatable bonds is 9. The lowest BCUT2D eigenvalue weighted by Crippen LogP contribution is -2.43. The molecule has 10 heteroatoms. The largest absolute Gasteiger partial charge is 0.461 e. The Morgan fingerprint density at radius 1 is 0.766 bits per heavy atom. The summed E-state index contributed by atoms with van der Waals surface area (Å²) in [4.78, 5) is 13.7. The summed E-state index contributed by atoms with van der Waals surface area (Å²) in [6.07, 6.45) is 2.83. The molecule has 0 spiro atoms. The van der Waals surface area contributed by atoms with Gasteiger partial charge in [0.1, 0.15) is 6.10 Å². The minimum Gasteiger partial charge on any atom is -0.461 e. The van der Waals surface area contributed by atoms with Gasteiger partial charge in [0.2, 0.25) is 20.0 Å². The fourth-order valence-corrected chi connectivity index (χ4v) is 10.3. The monoisotopic (exact) mass is 670 g/mol. The fraction of sp³-hybridized carbons (Fsp3) is 0.324. The molecular formula is C37H38N2O6S2. The second kappa shape index (κ2) is 12.3. The van der Waals surface area contributed by atoms with Gasteiger partial charge in [-0.2, -0.15) is 4.31 Å². The summed E-state index contributed by atoms with van der Waals surface area (Å²) in [7, 11) is -8.10. The molecule has 0 amide bonds. The molecular weight excluding hydrogens is 633 g/mol. The van der Waals surface area contributed by atoms with Crippen molar-refractivity contribution in [1.82, 2.24) is 9.03 Å². The molecule has 0 aromatic heterocycles. The third kappa shape index (κ3) is 5.92. The molecule has 2 saturated carbocycles. The van der Waals surface area contributed by atoms with Crippen molar-refractivity contribution in [3.05, 3.63) is 109 Å². The molecule has 1 unspecified atom stereocenters. The number of carbonyl (C=O) groups is 1. The molecule has 3 fully saturated rings. The minimum atomic E-state index is -4.14. The van der Waals surface area contributed by atoms with Crippen LogP contribution in [-0.4, -0.2) is 52.8 Å². The first-order chi connectivity index (χ1) is 22.5. The van der Waals surface area contributed by atoms with Crippen molar-refractivity contribution in [2.75, 3.05) is 19.6 Å². The molecule has 8 nitrogen and oxygen atoms in total. The smallest absolute Gasteiger partial charge is 0.311 e. The molecule has 1 saturated heterocycles. The molecule has 4 aromatic carbocycles. The second-order valence-corrected chi connectivity index (χ2v) is 16.7. The Hall–Kier alpha value is -3.83. The second-order valence-electron chi connectivity index (χ2n) is 13.0. The van der Waals surface area contributed by atoms with E-state index in [4.69, 9.17) is 4.74 Å². The van der Waals surface area contributed by atoms with Crippen LogP contribution >= 0.6 is 0 Å². The predicted octanol–water partition coefficient (Wildman–Crippen LogP) is 6.05. The number of nitrogens with zero attached hydrogens (tertiary/aromatic N) is 1. The van der Waals surface area contributed by atoms with E-state index < -0.39 is 31.9 Å². The van der Waals surface area contributed by atoms with Crippen molar-refractivity contribution in [2.24, 2.45) is 23.7 Å². The zero-order chi connectivity index (χ0) is 32.9. The van der Waals surface area contributed by atoms with Gasteiger partial charge in [-0.05, 0) is 77.4 Å². The molecule has 47 heavy (non-hydrogen) atoms. The van der Waals surface area contributed by atoms with E-state index in [9.17, 15) is 21.6 Å². The predicted molar refractivity (Wildman–Crippen MR) is 182 cm³/mol. The van der Waals surface area contributed by atoms with Crippen LogP contribution in [0.15, 0.2) is 119 Å². The Labute approximate surface area is 276 Å². The van der Waals surface area contributed by atoms with E-state index in [0.717, 1.165) is 52.0 Å². The molecule has 7 rings (SSSR count). The molecule has 2 aliphatic carbocycles. The van der Waals surface area contributed by atoms with E-state index in [1.54, 1.807) is 30.3 Å². The molecule has 0 radical (unpaired) electrons. The van der Waals surface area contributed by atoms with Crippen molar-refractivity contribution in [1.29, 1.82) is 0 Å². The summed E-state index contributed by atoms with van der Waals surface area (Å²) >= 11 is 0. The van der Waals surface area contributed by atoms with Crippen LogP contribution in [0.5, 0.6) is 0 Å². The summed E-state index contributed by atoms with van der Waals surface area (Å²) < 4.78 is 65.2. The molecule has 4 aromatic rings. The third-order valence-corrected chi connectivity index (χ3v) is 13.6. The van der Waals surface area contributed by atoms with Crippen LogP contribution in [-0.2, 0) is 29.6 Å². The summed E-state index contributed by atoms with van der Waals surface area (Å²) in [6.45, 7) is 8.15. The average Bonchev–Trinajstić information content (AvgIpc) is 3.56. The first-order valence-electron chi connectivity index (χ1n) is 16.1. The van der Waals surface area contributed by atoms with Gasteiger partial charge in [-0.3, -0.25) is 4.79 Å². The fourth-order valence-electron chi connectivity index (χ4n) is 7.78. The lowest BCUT2D eigenvalue weighted by atomic mass is 9.79. The van der Waals surface area contributed by atoms with Crippen molar-refractivity contribution in [2.45, 2.75) is 41.6 Å². The van der Waals surface area contributed by atoms with Crippen LogP contribution in [0, 0.1) is 23.7 Å². The van der Waals surface area contributed by atoms with E-state index in [1.807, 2.05) is 48.5 Å². The summed E-state index contributed by atoms with van der Waals surface area (Å²) in [6, 6.07) is 24.8. The molecule has 5 atom stereocenters. The number of esters is 1. The van der Waals surface area contributed by atoms with E-state index in [-0.39, 0.29) is 53.3 Å². The summed E-state index contributed by atoms with van der Waals surface area (Å²) in [5.41, 5.74) is 2.20. The van der Waals surface area contributed by atoms with E-state index in [1.165, 1.54) is 10.4 Å². The lowest BCUT2D eigenvalue weighted by Gasteiger charge is -2.29. The zero-order valence-corrected chi connectivity index (χ0v) is 27.7. The van der Waals surface area contributed by atoms with Crippen molar-refractivity contribution in [3.8, 4) is 0 Å². The molecule has 1 aliphatic heterocycles. The highest BCUT2D eigenvalue weighted by molar-refractivity contribution is 7.89. The van der Waals surface area contributed by atoms with Crippen LogP contribution in [0.25, 0.3) is 21.5 Å². The van der Waals surface area contributed by atoms with Gasteiger partial charge < -0.3 is 4.74 Å². The molecule has 244 valence electrons. The Morgan fingerprint density at radius 3 is 2.04 bits per heavy atom. The van der Waals surface area contributed by atoms with Gasteiger partial charge in [0.05, 0.1) is 15.7 Å². The number of hydrogen-bond acceptors (Lipinski definition) is 6. The Kier molecular flexibility index (Phi) is 8.32. The number of hydrogen-bond donors (Lipinski definition) is 1. The number of benzene rings is 4. The van der Waals surface area contributed by atoms with Crippen LogP contribution in [0.3, 0.4) is 0 Å². The van der Waals surface area contributed by atoms with E-state index >= 15 is 0 Å². The molecule has 1 N–H and O–H groups in total. The third-order valence-electron chi connectivity index (χ3n) is 10.3.